The highest BCUT2D eigenvalue weighted by Crippen LogP contribution is 2.29. The fourth-order valence-corrected chi connectivity index (χ4v) is 3.55. The van der Waals surface area contributed by atoms with Gasteiger partial charge in [-0.3, -0.25) is 14.5 Å². The van der Waals surface area contributed by atoms with Crippen LogP contribution in [0.15, 0.2) is 48.5 Å². The number of nitrogens with two attached hydrogens (primary N) is 1. The number of rotatable bonds is 9. The minimum atomic E-state index is -1.08. The Kier molecular flexibility index (Phi) is 10.7. The molecule has 1 heterocycles. The number of carboxylic acids is 2. The van der Waals surface area contributed by atoms with Gasteiger partial charge in [-0.2, -0.15) is 0 Å². The van der Waals surface area contributed by atoms with Gasteiger partial charge in [0.05, 0.1) is 24.6 Å². The molecule has 0 amide bonds. The molecule has 0 radical (unpaired) electrons. The van der Waals surface area contributed by atoms with Crippen molar-refractivity contribution < 1.29 is 24.5 Å². The van der Waals surface area contributed by atoms with Crippen LogP contribution in [0.1, 0.15) is 37.8 Å². The van der Waals surface area contributed by atoms with Crippen molar-refractivity contribution in [1.82, 2.24) is 4.90 Å². The number of hydrogen-bond donors (Lipinski definition) is 3. The maximum atomic E-state index is 9.64. The molecule has 2 aromatic rings. The Labute approximate surface area is 195 Å². The molecule has 0 spiro atoms. The van der Waals surface area contributed by atoms with Crippen molar-refractivity contribution in [3.05, 3.63) is 59.7 Å². The van der Waals surface area contributed by atoms with E-state index < -0.39 is 11.9 Å². The molecule has 8 nitrogen and oxygen atoms in total. The van der Waals surface area contributed by atoms with Gasteiger partial charge in [-0.05, 0) is 37.1 Å². The second-order valence-electron chi connectivity index (χ2n) is 8.21. The molecule has 0 saturated carbocycles. The van der Waals surface area contributed by atoms with E-state index in [2.05, 4.69) is 66.1 Å². The average molecular weight is 458 g/mol. The van der Waals surface area contributed by atoms with Crippen LogP contribution in [0.3, 0.4) is 0 Å². The Hall–Kier alpha value is -3.10. The van der Waals surface area contributed by atoms with Crippen molar-refractivity contribution in [2.24, 2.45) is 5.73 Å². The van der Waals surface area contributed by atoms with Crippen LogP contribution >= 0.6 is 0 Å². The zero-order valence-electron chi connectivity index (χ0n) is 19.4. The molecule has 33 heavy (non-hydrogen) atoms. The lowest BCUT2D eigenvalue weighted by molar-refractivity contribution is -0.143. The Morgan fingerprint density at radius 3 is 2.12 bits per heavy atom. The summed E-state index contributed by atoms with van der Waals surface area (Å²) in [5, 5.41) is 15.8. The molecule has 1 aliphatic rings. The molecule has 1 fully saturated rings. The number of benzene rings is 2. The van der Waals surface area contributed by atoms with Gasteiger partial charge in [0.1, 0.15) is 5.75 Å². The van der Waals surface area contributed by atoms with Crippen LogP contribution in [-0.4, -0.2) is 59.3 Å². The van der Waals surface area contributed by atoms with E-state index in [0.717, 1.165) is 38.5 Å². The number of aliphatic carboxylic acids is 2. The SMILES string of the molecule is CC(C)Oc1ccccc1N1CCN(Cc2cccc(CN)c2)CC1.O=C(O)CCC(=O)O. The Bertz CT molecular complexity index is 881. The van der Waals surface area contributed by atoms with Gasteiger partial charge in [0.25, 0.3) is 0 Å². The number of hydrogen-bond acceptors (Lipinski definition) is 6. The van der Waals surface area contributed by atoms with Gasteiger partial charge >= 0.3 is 11.9 Å². The van der Waals surface area contributed by atoms with Gasteiger partial charge in [-0.25, -0.2) is 0 Å². The largest absolute Gasteiger partial charge is 0.489 e. The molecule has 0 bridgehead atoms. The number of carboxylic acid groups (broad SMARTS) is 2. The van der Waals surface area contributed by atoms with Crippen LogP contribution < -0.4 is 15.4 Å². The monoisotopic (exact) mass is 457 g/mol. The maximum Gasteiger partial charge on any atom is 0.303 e. The molecule has 0 atom stereocenters. The Morgan fingerprint density at radius 1 is 0.939 bits per heavy atom. The summed E-state index contributed by atoms with van der Waals surface area (Å²) in [6.45, 7) is 9.91. The average Bonchev–Trinajstić information content (AvgIpc) is 2.79. The first-order valence-corrected chi connectivity index (χ1v) is 11.2. The number of piperazine rings is 1. The fourth-order valence-electron chi connectivity index (χ4n) is 3.55. The lowest BCUT2D eigenvalue weighted by Gasteiger charge is -2.37. The summed E-state index contributed by atoms with van der Waals surface area (Å²) >= 11 is 0. The smallest absolute Gasteiger partial charge is 0.303 e. The molecule has 1 saturated heterocycles. The highest BCUT2D eigenvalue weighted by atomic mass is 16.5. The molecular weight excluding hydrogens is 422 g/mol. The molecule has 0 aliphatic carbocycles. The summed E-state index contributed by atoms with van der Waals surface area (Å²) in [6.07, 6.45) is -0.401. The first kappa shape index (κ1) is 26.2. The van der Waals surface area contributed by atoms with Crippen LogP contribution in [0.25, 0.3) is 0 Å². The number of para-hydroxylation sites is 2. The van der Waals surface area contributed by atoms with E-state index in [1.165, 1.54) is 16.8 Å². The molecular formula is C25H35N3O5. The summed E-state index contributed by atoms with van der Waals surface area (Å²) in [6, 6.07) is 17.0. The predicted molar refractivity (Wildman–Crippen MR) is 129 cm³/mol. The summed E-state index contributed by atoms with van der Waals surface area (Å²) in [5.41, 5.74) is 9.51. The van der Waals surface area contributed by atoms with Crippen LogP contribution in [0.4, 0.5) is 5.69 Å². The van der Waals surface area contributed by atoms with Crippen LogP contribution in [0.5, 0.6) is 5.75 Å². The summed E-state index contributed by atoms with van der Waals surface area (Å²) in [7, 11) is 0. The van der Waals surface area contributed by atoms with Crippen LogP contribution in [0.2, 0.25) is 0 Å². The van der Waals surface area contributed by atoms with Crippen molar-refractivity contribution in [3.63, 3.8) is 0 Å². The third kappa shape index (κ3) is 9.51. The molecule has 180 valence electrons. The molecule has 1 aliphatic heterocycles. The van der Waals surface area contributed by atoms with Gasteiger partial charge in [0, 0.05) is 39.3 Å². The van der Waals surface area contributed by atoms with Gasteiger partial charge in [-0.1, -0.05) is 36.4 Å². The molecule has 3 rings (SSSR count). The number of anilines is 1. The standard InChI is InChI=1S/C21H29N3O.C4H6O4/c1-17(2)25-21-9-4-3-8-20(21)24-12-10-23(11-13-24)16-19-7-5-6-18(14-19)15-22;5-3(6)1-2-4(7)8/h3-9,14,17H,10-13,15-16,22H2,1-2H3;1-2H2,(H,5,6)(H,7,8). The molecule has 2 aromatic carbocycles. The second kappa shape index (κ2) is 13.4. The Balaban J connectivity index is 0.000000414. The van der Waals surface area contributed by atoms with Crippen LogP contribution in [-0.2, 0) is 22.7 Å². The van der Waals surface area contributed by atoms with Gasteiger partial charge in [-0.15, -0.1) is 0 Å². The van der Waals surface area contributed by atoms with E-state index in [-0.39, 0.29) is 18.9 Å². The van der Waals surface area contributed by atoms with E-state index in [4.69, 9.17) is 20.7 Å². The van der Waals surface area contributed by atoms with E-state index in [0.29, 0.717) is 6.54 Å². The summed E-state index contributed by atoms with van der Waals surface area (Å²) < 4.78 is 5.98. The third-order valence-electron chi connectivity index (χ3n) is 5.13. The van der Waals surface area contributed by atoms with Gasteiger partial charge in [0.15, 0.2) is 0 Å². The van der Waals surface area contributed by atoms with E-state index >= 15 is 0 Å². The zero-order valence-corrected chi connectivity index (χ0v) is 19.4. The minimum Gasteiger partial charge on any atom is -0.489 e. The first-order valence-electron chi connectivity index (χ1n) is 11.2. The van der Waals surface area contributed by atoms with Crippen LogP contribution in [0, 0.1) is 0 Å². The fraction of sp³-hybridized carbons (Fsp3) is 0.440. The lowest BCUT2D eigenvalue weighted by atomic mass is 10.1. The lowest BCUT2D eigenvalue weighted by Crippen LogP contribution is -2.46. The van der Waals surface area contributed by atoms with Crippen molar-refractivity contribution in [2.75, 3.05) is 31.1 Å². The van der Waals surface area contributed by atoms with Crippen molar-refractivity contribution in [3.8, 4) is 5.75 Å². The van der Waals surface area contributed by atoms with E-state index in [9.17, 15) is 9.59 Å². The highest BCUT2D eigenvalue weighted by molar-refractivity contribution is 5.75. The quantitative estimate of drug-likeness (QED) is 0.526. The predicted octanol–water partition coefficient (Wildman–Crippen LogP) is 3.19. The van der Waals surface area contributed by atoms with Crippen molar-refractivity contribution >= 4 is 17.6 Å². The second-order valence-corrected chi connectivity index (χ2v) is 8.21. The normalized spacial score (nSPS) is 13.9. The van der Waals surface area contributed by atoms with E-state index in [1.807, 2.05) is 6.07 Å². The summed E-state index contributed by atoms with van der Waals surface area (Å²) in [5.74, 6) is -1.17. The number of nitrogens with zero attached hydrogens (tertiary/aromatic N) is 2. The highest BCUT2D eigenvalue weighted by Gasteiger charge is 2.20. The molecule has 4 N–H and O–H groups in total. The summed E-state index contributed by atoms with van der Waals surface area (Å²) in [4.78, 5) is 24.2. The molecule has 0 aromatic heterocycles. The molecule has 8 heteroatoms. The van der Waals surface area contributed by atoms with Gasteiger partial charge < -0.3 is 25.6 Å². The zero-order chi connectivity index (χ0) is 24.2. The van der Waals surface area contributed by atoms with Crippen molar-refractivity contribution in [2.45, 2.75) is 45.9 Å². The number of carbonyl (C=O) groups is 2. The first-order chi connectivity index (χ1) is 15.8. The van der Waals surface area contributed by atoms with Gasteiger partial charge in [0.2, 0.25) is 0 Å². The maximum absolute atomic E-state index is 9.64. The van der Waals surface area contributed by atoms with Crippen molar-refractivity contribution in [1.29, 1.82) is 0 Å². The molecule has 0 unspecified atom stereocenters. The van der Waals surface area contributed by atoms with E-state index in [1.54, 1.807) is 0 Å². The number of ether oxygens (including phenoxy) is 1. The Morgan fingerprint density at radius 2 is 1.55 bits per heavy atom. The topological polar surface area (TPSA) is 116 Å². The third-order valence-corrected chi connectivity index (χ3v) is 5.13. The minimum absolute atomic E-state index is 0.192.